The molecule has 0 N–H and O–H groups in total. The fourth-order valence-electron chi connectivity index (χ4n) is 5.73. The Morgan fingerprint density at radius 3 is 2.31 bits per heavy atom. The first kappa shape index (κ1) is 39.3. The van der Waals surface area contributed by atoms with Crippen LogP contribution in [0, 0.1) is 0 Å². The topological polar surface area (TPSA) is 124 Å². The zero-order valence-electron chi connectivity index (χ0n) is 29.9. The number of benzene rings is 2. The molecule has 0 amide bonds. The molecule has 10 nitrogen and oxygen atoms in total. The monoisotopic (exact) mass is 722 g/mol. The first-order valence-electron chi connectivity index (χ1n) is 17.8. The number of sulfone groups is 1. The van der Waals surface area contributed by atoms with Gasteiger partial charge in [-0.1, -0.05) is 43.2 Å². The lowest BCUT2D eigenvalue weighted by Gasteiger charge is -2.20. The molecule has 11 heteroatoms. The van der Waals surface area contributed by atoms with Crippen molar-refractivity contribution in [3.05, 3.63) is 95.2 Å². The zero-order chi connectivity index (χ0) is 36.5. The second-order valence-electron chi connectivity index (χ2n) is 12.3. The fraction of sp³-hybridized carbons (Fsp3) is 0.450. The standard InChI is InChI=1S/C40H50O10S/c1-4-46-39(41)20-14-24-49-36-19-13-18-30(35(36)21-22-40(42)47-5-2)15-9-6-7-12-23-48-33-25-32(26-34(27-33)51(3,43)44)38-29-45-28-37(50-38)31-16-10-8-11-17-31/h8,10,13,16,18-19,25-29H,4-7,9,11-12,14-15,17,20-24H2,1-3H3. The maximum atomic E-state index is 12.5. The normalized spacial score (nSPS) is 14.0. The molecule has 0 saturated carbocycles. The van der Waals surface area contributed by atoms with Crippen LogP contribution in [0.15, 0.2) is 83.4 Å². The van der Waals surface area contributed by atoms with Crippen LogP contribution in [-0.2, 0) is 51.2 Å². The van der Waals surface area contributed by atoms with Crippen molar-refractivity contribution in [2.45, 2.75) is 89.4 Å². The van der Waals surface area contributed by atoms with E-state index in [0.717, 1.165) is 67.4 Å². The minimum absolute atomic E-state index is 0.138. The van der Waals surface area contributed by atoms with Crippen LogP contribution in [0.25, 0.3) is 5.76 Å². The molecule has 1 aliphatic carbocycles. The van der Waals surface area contributed by atoms with Gasteiger partial charge in [0.1, 0.15) is 24.0 Å². The second kappa shape index (κ2) is 20.4. The Morgan fingerprint density at radius 1 is 0.824 bits per heavy atom. The third-order valence-electron chi connectivity index (χ3n) is 8.30. The van der Waals surface area contributed by atoms with Crippen LogP contribution >= 0.6 is 0 Å². The summed E-state index contributed by atoms with van der Waals surface area (Å²) >= 11 is 0. The van der Waals surface area contributed by atoms with Crippen LogP contribution in [0.2, 0.25) is 0 Å². The molecule has 4 rings (SSSR count). The third kappa shape index (κ3) is 13.0. The Hall–Kier alpha value is -4.51. The van der Waals surface area contributed by atoms with Gasteiger partial charge in [-0.25, -0.2) is 8.42 Å². The maximum Gasteiger partial charge on any atom is 0.306 e. The van der Waals surface area contributed by atoms with Crippen molar-refractivity contribution in [1.82, 2.24) is 0 Å². The third-order valence-corrected chi connectivity index (χ3v) is 9.40. The Morgan fingerprint density at radius 2 is 1.57 bits per heavy atom. The highest BCUT2D eigenvalue weighted by Gasteiger charge is 2.20. The molecule has 0 atom stereocenters. The van der Waals surface area contributed by atoms with Crippen molar-refractivity contribution in [3.8, 4) is 11.5 Å². The van der Waals surface area contributed by atoms with E-state index >= 15 is 0 Å². The van der Waals surface area contributed by atoms with Gasteiger partial charge >= 0.3 is 11.9 Å². The Balaban J connectivity index is 1.30. The van der Waals surface area contributed by atoms with Crippen molar-refractivity contribution < 1.29 is 46.4 Å². The molecule has 51 heavy (non-hydrogen) atoms. The van der Waals surface area contributed by atoms with Crippen molar-refractivity contribution in [2.24, 2.45) is 0 Å². The molecule has 0 aromatic heterocycles. The van der Waals surface area contributed by atoms with Crippen molar-refractivity contribution in [2.75, 3.05) is 32.7 Å². The summed E-state index contributed by atoms with van der Waals surface area (Å²) in [5.74, 6) is 1.68. The van der Waals surface area contributed by atoms with E-state index in [-0.39, 0.29) is 29.7 Å². The molecule has 0 spiro atoms. The SMILES string of the molecule is CCOC(=O)CCCOc1cccc(CCCCCCOc2cc(C3=COC=C(C4=CC=CCC4)O3)cc(S(C)(=O)=O)c2)c1CCC(=O)OCC. The Bertz CT molecular complexity index is 1720. The number of esters is 2. The van der Waals surface area contributed by atoms with Crippen LogP contribution < -0.4 is 9.47 Å². The minimum Gasteiger partial charge on any atom is -0.494 e. The fourth-order valence-corrected chi connectivity index (χ4v) is 6.40. The second-order valence-corrected chi connectivity index (χ2v) is 14.3. The number of ether oxygens (including phenoxy) is 6. The number of allylic oxidation sites excluding steroid dienone is 4. The first-order chi connectivity index (χ1) is 24.7. The van der Waals surface area contributed by atoms with Crippen LogP contribution in [-0.4, -0.2) is 53.0 Å². The largest absolute Gasteiger partial charge is 0.494 e. The molecule has 1 heterocycles. The average molecular weight is 723 g/mol. The molecule has 0 bridgehead atoms. The number of hydrogen-bond acceptors (Lipinski definition) is 10. The number of rotatable bonds is 21. The van der Waals surface area contributed by atoms with Crippen LogP contribution in [0.1, 0.15) is 88.3 Å². The zero-order valence-corrected chi connectivity index (χ0v) is 30.8. The molecule has 276 valence electrons. The highest BCUT2D eigenvalue weighted by Crippen LogP contribution is 2.33. The van der Waals surface area contributed by atoms with Gasteiger partial charge in [-0.2, -0.15) is 0 Å². The molecule has 2 aromatic rings. The van der Waals surface area contributed by atoms with E-state index in [2.05, 4.69) is 12.1 Å². The molecule has 0 fully saturated rings. The number of unbranched alkanes of at least 4 members (excludes halogenated alkanes) is 3. The molecular weight excluding hydrogens is 672 g/mol. The Kier molecular flexibility index (Phi) is 15.7. The molecule has 2 aliphatic rings. The van der Waals surface area contributed by atoms with Gasteiger partial charge in [0.2, 0.25) is 0 Å². The van der Waals surface area contributed by atoms with Gasteiger partial charge < -0.3 is 28.4 Å². The predicted molar refractivity (Wildman–Crippen MR) is 195 cm³/mol. The number of hydrogen-bond donors (Lipinski definition) is 0. The number of carbonyl (C=O) groups excluding carboxylic acids is 2. The summed E-state index contributed by atoms with van der Waals surface area (Å²) in [5, 5.41) is 0. The predicted octanol–water partition coefficient (Wildman–Crippen LogP) is 7.95. The number of aryl methyl sites for hydroxylation is 1. The summed E-state index contributed by atoms with van der Waals surface area (Å²) in [6, 6.07) is 10.8. The van der Waals surface area contributed by atoms with E-state index in [1.54, 1.807) is 32.2 Å². The lowest BCUT2D eigenvalue weighted by Crippen LogP contribution is -2.10. The van der Waals surface area contributed by atoms with Crippen LogP contribution in [0.3, 0.4) is 0 Å². The van der Waals surface area contributed by atoms with Crippen LogP contribution in [0.4, 0.5) is 0 Å². The van der Waals surface area contributed by atoms with E-state index in [1.165, 1.54) is 18.6 Å². The summed E-state index contributed by atoms with van der Waals surface area (Å²) in [4.78, 5) is 24.0. The summed E-state index contributed by atoms with van der Waals surface area (Å²) in [7, 11) is -3.51. The quantitative estimate of drug-likeness (QED) is 0.0926. The van der Waals surface area contributed by atoms with E-state index in [4.69, 9.17) is 28.4 Å². The maximum absolute atomic E-state index is 12.5. The minimum atomic E-state index is -3.51. The molecule has 0 radical (unpaired) electrons. The van der Waals surface area contributed by atoms with Gasteiger partial charge in [0.05, 0.1) is 31.3 Å². The molecule has 2 aromatic carbocycles. The van der Waals surface area contributed by atoms with Crippen molar-refractivity contribution in [3.63, 3.8) is 0 Å². The van der Waals surface area contributed by atoms with Gasteiger partial charge in [-0.15, -0.1) is 0 Å². The lowest BCUT2D eigenvalue weighted by atomic mass is 9.96. The summed E-state index contributed by atoms with van der Waals surface area (Å²) in [6.07, 6.45) is 18.0. The van der Waals surface area contributed by atoms with E-state index in [1.807, 2.05) is 24.3 Å². The van der Waals surface area contributed by atoms with E-state index in [9.17, 15) is 18.0 Å². The van der Waals surface area contributed by atoms with E-state index in [0.29, 0.717) is 62.1 Å². The van der Waals surface area contributed by atoms with Gasteiger partial charge in [-0.3, -0.25) is 9.59 Å². The van der Waals surface area contributed by atoms with Crippen molar-refractivity contribution >= 4 is 27.5 Å². The van der Waals surface area contributed by atoms with Crippen LogP contribution in [0.5, 0.6) is 11.5 Å². The number of carbonyl (C=O) groups is 2. The first-order valence-corrected chi connectivity index (χ1v) is 19.7. The average Bonchev–Trinajstić information content (AvgIpc) is 3.12. The summed E-state index contributed by atoms with van der Waals surface area (Å²) in [5.41, 5.74) is 3.68. The van der Waals surface area contributed by atoms with Gasteiger partial charge in [-0.05, 0) is 99.8 Å². The lowest BCUT2D eigenvalue weighted by molar-refractivity contribution is -0.144. The molecule has 0 unspecified atom stereocenters. The molecular formula is C40H50O10S. The molecule has 1 aliphatic heterocycles. The highest BCUT2D eigenvalue weighted by molar-refractivity contribution is 7.90. The molecule has 0 saturated heterocycles. The summed E-state index contributed by atoms with van der Waals surface area (Å²) < 4.78 is 59.1. The van der Waals surface area contributed by atoms with Crippen molar-refractivity contribution in [1.29, 1.82) is 0 Å². The summed E-state index contributed by atoms with van der Waals surface area (Å²) in [6.45, 7) is 5.06. The van der Waals surface area contributed by atoms with Gasteiger partial charge in [0.25, 0.3) is 0 Å². The van der Waals surface area contributed by atoms with E-state index < -0.39 is 9.84 Å². The Labute approximate surface area is 302 Å². The smallest absolute Gasteiger partial charge is 0.306 e. The highest BCUT2D eigenvalue weighted by atomic mass is 32.2. The van der Waals surface area contributed by atoms with Gasteiger partial charge in [0.15, 0.2) is 21.4 Å². The van der Waals surface area contributed by atoms with Gasteiger partial charge in [0, 0.05) is 24.7 Å².